The number of carbonyl (C=O) groups is 1. The average Bonchev–Trinajstić information content (AvgIpc) is 3.32. The minimum absolute atomic E-state index is 0.154. The van der Waals surface area contributed by atoms with Gasteiger partial charge in [0.2, 0.25) is 0 Å². The highest BCUT2D eigenvalue weighted by molar-refractivity contribution is 7.92. The number of anilines is 2. The molecule has 0 atom stereocenters. The van der Waals surface area contributed by atoms with Gasteiger partial charge in [0.05, 0.1) is 10.5 Å². The zero-order valence-corrected chi connectivity index (χ0v) is 19.5. The van der Waals surface area contributed by atoms with Crippen molar-refractivity contribution in [3.63, 3.8) is 0 Å². The first-order chi connectivity index (χ1) is 16.6. The number of sulfonamides is 1. The van der Waals surface area contributed by atoms with Crippen molar-refractivity contribution in [1.82, 2.24) is 4.90 Å². The third kappa shape index (κ3) is 6.40. The van der Waals surface area contributed by atoms with Crippen LogP contribution in [0.2, 0.25) is 0 Å². The summed E-state index contributed by atoms with van der Waals surface area (Å²) in [7, 11) is -4.12. The van der Waals surface area contributed by atoms with Crippen LogP contribution in [0.15, 0.2) is 77.7 Å². The smallest absolute Gasteiger partial charge is 0.322 e. The summed E-state index contributed by atoms with van der Waals surface area (Å²) in [6, 6.07) is 16.6. The first-order valence-corrected chi connectivity index (χ1v) is 12.5. The Morgan fingerprint density at radius 1 is 0.886 bits per heavy atom. The van der Waals surface area contributed by atoms with Crippen molar-refractivity contribution in [3.05, 3.63) is 89.5 Å². The molecular weight excluding hydrogens is 479 g/mol. The summed E-state index contributed by atoms with van der Waals surface area (Å²) >= 11 is 0. The van der Waals surface area contributed by atoms with Crippen LogP contribution >= 0.6 is 0 Å². The zero-order chi connectivity index (χ0) is 25.1. The zero-order valence-electron chi connectivity index (χ0n) is 18.7. The molecule has 1 fully saturated rings. The Bertz CT molecular complexity index is 1290. The Hall–Kier alpha value is -3.37. The molecule has 1 saturated heterocycles. The Kier molecular flexibility index (Phi) is 7.13. The fraction of sp³-hybridized carbons (Fsp3) is 0.240. The van der Waals surface area contributed by atoms with Crippen LogP contribution in [0.1, 0.15) is 34.3 Å². The second-order valence-electron chi connectivity index (χ2n) is 8.34. The average molecular weight is 504 g/mol. The Labute approximate surface area is 201 Å². The molecule has 1 amide bonds. The van der Waals surface area contributed by atoms with Crippen molar-refractivity contribution < 1.29 is 26.4 Å². The quantitative estimate of drug-likeness (QED) is 0.455. The SMILES string of the molecule is O=C(Nc1ccc(S(=O)(=O)Nc2cccc(C(F)(F)F)c2)cc1)c1ccc(CN2CCCC2)cc1. The number of hydrogen-bond acceptors (Lipinski definition) is 4. The van der Waals surface area contributed by atoms with Gasteiger partial charge in [-0.15, -0.1) is 0 Å². The number of nitrogens with zero attached hydrogens (tertiary/aromatic N) is 1. The predicted molar refractivity (Wildman–Crippen MR) is 128 cm³/mol. The molecule has 184 valence electrons. The number of alkyl halides is 3. The Morgan fingerprint density at radius 2 is 1.54 bits per heavy atom. The second-order valence-corrected chi connectivity index (χ2v) is 10.0. The summed E-state index contributed by atoms with van der Waals surface area (Å²) in [5.41, 5.74) is 0.823. The monoisotopic (exact) mass is 503 g/mol. The van der Waals surface area contributed by atoms with Crippen molar-refractivity contribution in [2.24, 2.45) is 0 Å². The van der Waals surface area contributed by atoms with Gasteiger partial charge in [-0.1, -0.05) is 18.2 Å². The van der Waals surface area contributed by atoms with Crippen molar-refractivity contribution in [2.45, 2.75) is 30.5 Å². The van der Waals surface area contributed by atoms with E-state index < -0.39 is 21.8 Å². The van der Waals surface area contributed by atoms with E-state index in [1.165, 1.54) is 43.2 Å². The van der Waals surface area contributed by atoms with Gasteiger partial charge in [0.1, 0.15) is 0 Å². The topological polar surface area (TPSA) is 78.5 Å². The van der Waals surface area contributed by atoms with Crippen molar-refractivity contribution in [2.75, 3.05) is 23.1 Å². The molecule has 3 aromatic carbocycles. The van der Waals surface area contributed by atoms with Crippen LogP contribution in [0, 0.1) is 0 Å². The van der Waals surface area contributed by atoms with E-state index in [0.29, 0.717) is 11.3 Å². The van der Waals surface area contributed by atoms with Crippen LogP contribution in [-0.4, -0.2) is 32.3 Å². The number of carbonyl (C=O) groups excluding carboxylic acids is 1. The number of likely N-dealkylation sites (tertiary alicyclic amines) is 1. The van der Waals surface area contributed by atoms with E-state index >= 15 is 0 Å². The van der Waals surface area contributed by atoms with Gasteiger partial charge in [0, 0.05) is 23.5 Å². The van der Waals surface area contributed by atoms with Crippen molar-refractivity contribution in [3.8, 4) is 0 Å². The summed E-state index contributed by atoms with van der Waals surface area (Å²) in [6.07, 6.45) is -2.17. The van der Waals surface area contributed by atoms with Gasteiger partial charge in [0.25, 0.3) is 15.9 Å². The minimum atomic E-state index is -4.59. The van der Waals surface area contributed by atoms with Gasteiger partial charge in [-0.05, 0) is 86.1 Å². The van der Waals surface area contributed by atoms with Gasteiger partial charge in [0.15, 0.2) is 0 Å². The van der Waals surface area contributed by atoms with Crippen LogP contribution in [0.4, 0.5) is 24.5 Å². The molecule has 0 aromatic heterocycles. The van der Waals surface area contributed by atoms with E-state index in [0.717, 1.165) is 43.4 Å². The largest absolute Gasteiger partial charge is 0.416 e. The number of halogens is 3. The molecule has 2 N–H and O–H groups in total. The lowest BCUT2D eigenvalue weighted by Gasteiger charge is -2.14. The lowest BCUT2D eigenvalue weighted by Crippen LogP contribution is -2.18. The van der Waals surface area contributed by atoms with Crippen LogP contribution in [0.5, 0.6) is 0 Å². The molecule has 4 rings (SSSR count). The van der Waals surface area contributed by atoms with E-state index in [4.69, 9.17) is 0 Å². The first kappa shape index (κ1) is 24.7. The minimum Gasteiger partial charge on any atom is -0.322 e. The summed E-state index contributed by atoms with van der Waals surface area (Å²) in [4.78, 5) is 14.8. The van der Waals surface area contributed by atoms with Crippen LogP contribution < -0.4 is 10.0 Å². The molecule has 0 bridgehead atoms. The van der Waals surface area contributed by atoms with E-state index in [1.807, 2.05) is 12.1 Å². The summed E-state index contributed by atoms with van der Waals surface area (Å²) in [6.45, 7) is 3.03. The molecule has 0 unspecified atom stereocenters. The highest BCUT2D eigenvalue weighted by Crippen LogP contribution is 2.31. The molecule has 0 radical (unpaired) electrons. The van der Waals surface area contributed by atoms with E-state index in [1.54, 1.807) is 12.1 Å². The van der Waals surface area contributed by atoms with Crippen molar-refractivity contribution >= 4 is 27.3 Å². The highest BCUT2D eigenvalue weighted by Gasteiger charge is 2.30. The third-order valence-electron chi connectivity index (χ3n) is 5.69. The van der Waals surface area contributed by atoms with Gasteiger partial charge in [-0.25, -0.2) is 8.42 Å². The van der Waals surface area contributed by atoms with Gasteiger partial charge in [-0.2, -0.15) is 13.2 Å². The summed E-state index contributed by atoms with van der Waals surface area (Å²) in [5.74, 6) is -0.338. The molecule has 0 saturated carbocycles. The molecule has 0 spiro atoms. The van der Waals surface area contributed by atoms with Gasteiger partial charge in [-0.3, -0.25) is 14.4 Å². The van der Waals surface area contributed by atoms with E-state index in [-0.39, 0.29) is 16.5 Å². The molecule has 1 aliphatic rings. The summed E-state index contributed by atoms with van der Waals surface area (Å²) in [5, 5.41) is 2.71. The Balaban J connectivity index is 1.38. The molecule has 0 aliphatic carbocycles. The van der Waals surface area contributed by atoms with Gasteiger partial charge >= 0.3 is 6.18 Å². The highest BCUT2D eigenvalue weighted by atomic mass is 32.2. The van der Waals surface area contributed by atoms with Gasteiger partial charge < -0.3 is 5.32 Å². The van der Waals surface area contributed by atoms with Crippen molar-refractivity contribution in [1.29, 1.82) is 0 Å². The maximum Gasteiger partial charge on any atom is 0.416 e. The normalized spacial score (nSPS) is 14.6. The van der Waals surface area contributed by atoms with E-state index in [9.17, 15) is 26.4 Å². The molecule has 6 nitrogen and oxygen atoms in total. The van der Waals surface area contributed by atoms with Crippen LogP contribution in [0.25, 0.3) is 0 Å². The predicted octanol–water partition coefficient (Wildman–Crippen LogP) is 5.35. The lowest BCUT2D eigenvalue weighted by molar-refractivity contribution is -0.137. The molecule has 1 aliphatic heterocycles. The second kappa shape index (κ2) is 10.1. The number of hydrogen-bond donors (Lipinski definition) is 2. The third-order valence-corrected chi connectivity index (χ3v) is 7.08. The number of amides is 1. The fourth-order valence-corrected chi connectivity index (χ4v) is 4.90. The molecular formula is C25H24F3N3O3S. The number of nitrogens with one attached hydrogen (secondary N) is 2. The summed E-state index contributed by atoms with van der Waals surface area (Å²) < 4.78 is 66.0. The number of rotatable bonds is 7. The number of benzene rings is 3. The first-order valence-electron chi connectivity index (χ1n) is 11.0. The fourth-order valence-electron chi connectivity index (χ4n) is 3.85. The van der Waals surface area contributed by atoms with E-state index in [2.05, 4.69) is 14.9 Å². The molecule has 35 heavy (non-hydrogen) atoms. The lowest BCUT2D eigenvalue weighted by atomic mass is 10.1. The standard InChI is InChI=1S/C25H24F3N3O3S/c26-25(27,28)20-4-3-5-22(16-20)30-35(33,34)23-12-10-21(11-13-23)29-24(32)19-8-6-18(7-9-19)17-31-14-1-2-15-31/h3-13,16,30H,1-2,14-15,17H2,(H,29,32). The molecule has 3 aromatic rings. The maximum absolute atomic E-state index is 12.9. The van der Waals surface area contributed by atoms with Crippen LogP contribution in [-0.2, 0) is 22.7 Å². The maximum atomic E-state index is 12.9. The molecule has 1 heterocycles. The molecule has 10 heteroatoms. The Morgan fingerprint density at radius 3 is 2.17 bits per heavy atom. The van der Waals surface area contributed by atoms with Crippen LogP contribution in [0.3, 0.4) is 0 Å².